The average molecular weight is 557 g/mol. The van der Waals surface area contributed by atoms with Gasteiger partial charge in [-0.15, -0.1) is 0 Å². The summed E-state index contributed by atoms with van der Waals surface area (Å²) in [5.74, 6) is -6.05. The van der Waals surface area contributed by atoms with E-state index in [0.717, 1.165) is 12.1 Å². The number of nitrogens with one attached hydrogen (secondary N) is 2. The summed E-state index contributed by atoms with van der Waals surface area (Å²) in [6.45, 7) is 1.65. The number of carbonyl (C=O) groups excluding carboxylic acids is 3. The molecule has 0 saturated heterocycles. The number of aliphatic imine (C=N–C) groups is 1. The number of benzene rings is 2. The van der Waals surface area contributed by atoms with Gasteiger partial charge in [0.25, 0.3) is 5.91 Å². The van der Waals surface area contributed by atoms with Gasteiger partial charge in [0.15, 0.2) is 0 Å². The number of primary amides is 1. The van der Waals surface area contributed by atoms with Crippen molar-refractivity contribution in [2.75, 3.05) is 5.32 Å². The molecular weight excluding hydrogens is 530 g/mol. The van der Waals surface area contributed by atoms with Gasteiger partial charge >= 0.3 is 12.4 Å². The number of fused-ring (bicyclic) bond motifs is 1. The van der Waals surface area contributed by atoms with E-state index >= 15 is 0 Å². The fraction of sp³-hybridized carbons (Fsp3) is 0.385. The molecule has 210 valence electrons. The van der Waals surface area contributed by atoms with Gasteiger partial charge in [0.05, 0.1) is 17.0 Å². The lowest BCUT2D eigenvalue weighted by Gasteiger charge is -2.25. The first-order chi connectivity index (χ1) is 18.2. The van der Waals surface area contributed by atoms with Crippen molar-refractivity contribution >= 4 is 29.1 Å². The number of carbonyl (C=O) groups is 3. The van der Waals surface area contributed by atoms with Crippen molar-refractivity contribution < 1.29 is 40.7 Å². The highest BCUT2D eigenvalue weighted by Gasteiger charge is 2.40. The fourth-order valence-electron chi connectivity index (χ4n) is 4.42. The maximum absolute atomic E-state index is 13.8. The Hall–Kier alpha value is -3.90. The van der Waals surface area contributed by atoms with E-state index in [1.807, 2.05) is 0 Å². The molecule has 0 aromatic heterocycles. The average Bonchev–Trinajstić information content (AvgIpc) is 2.98. The highest BCUT2D eigenvalue weighted by molar-refractivity contribution is 6.20. The largest absolute Gasteiger partial charge is 0.418 e. The molecule has 0 aliphatic carbocycles. The van der Waals surface area contributed by atoms with Crippen molar-refractivity contribution in [3.05, 3.63) is 65.2 Å². The zero-order chi connectivity index (χ0) is 29.0. The lowest BCUT2D eigenvalue weighted by atomic mass is 9.83. The molecule has 0 spiro atoms. The summed E-state index contributed by atoms with van der Waals surface area (Å²) in [4.78, 5) is 42.6. The van der Waals surface area contributed by atoms with Crippen molar-refractivity contribution in [2.24, 2.45) is 22.6 Å². The quantitative estimate of drug-likeness (QED) is 0.386. The van der Waals surface area contributed by atoms with Crippen LogP contribution in [-0.2, 0) is 20.6 Å². The summed E-state index contributed by atoms with van der Waals surface area (Å²) in [6, 6.07) is 11.1. The molecule has 3 amide bonds. The summed E-state index contributed by atoms with van der Waals surface area (Å²) in [6.07, 6.45) is -13.1. The van der Waals surface area contributed by atoms with Crippen LogP contribution >= 0.6 is 0 Å². The van der Waals surface area contributed by atoms with E-state index in [4.69, 9.17) is 5.73 Å². The third kappa shape index (κ3) is 7.36. The van der Waals surface area contributed by atoms with Crippen LogP contribution in [0.1, 0.15) is 49.3 Å². The van der Waals surface area contributed by atoms with Gasteiger partial charge in [-0.2, -0.15) is 26.3 Å². The Balaban J connectivity index is 2.06. The van der Waals surface area contributed by atoms with Gasteiger partial charge in [0.1, 0.15) is 0 Å². The number of anilines is 1. The van der Waals surface area contributed by atoms with E-state index in [0.29, 0.717) is 12.0 Å². The molecule has 1 aliphatic heterocycles. The van der Waals surface area contributed by atoms with E-state index in [2.05, 4.69) is 15.6 Å². The second-order valence-electron chi connectivity index (χ2n) is 9.03. The van der Waals surface area contributed by atoms with Gasteiger partial charge in [-0.1, -0.05) is 55.8 Å². The predicted octanol–water partition coefficient (Wildman–Crippen LogP) is 4.80. The first-order valence-electron chi connectivity index (χ1n) is 12.0. The van der Waals surface area contributed by atoms with Gasteiger partial charge in [0.2, 0.25) is 18.0 Å². The molecule has 0 fully saturated rings. The number of nitrogens with two attached hydrogens (primary N) is 1. The van der Waals surface area contributed by atoms with Crippen LogP contribution in [0.15, 0.2) is 53.5 Å². The lowest BCUT2D eigenvalue weighted by Crippen LogP contribution is -2.48. The van der Waals surface area contributed by atoms with E-state index < -0.39 is 72.2 Å². The van der Waals surface area contributed by atoms with Crippen LogP contribution in [0, 0.1) is 11.8 Å². The van der Waals surface area contributed by atoms with Gasteiger partial charge in [-0.3, -0.25) is 14.4 Å². The minimum atomic E-state index is -4.85. The summed E-state index contributed by atoms with van der Waals surface area (Å²) in [7, 11) is 0. The Morgan fingerprint density at radius 3 is 2.23 bits per heavy atom. The Morgan fingerprint density at radius 1 is 1.00 bits per heavy atom. The molecule has 1 heterocycles. The molecule has 13 heteroatoms. The highest BCUT2D eigenvalue weighted by atomic mass is 19.4. The Bertz CT molecular complexity index is 1240. The minimum Gasteiger partial charge on any atom is -0.369 e. The third-order valence-electron chi connectivity index (χ3n) is 6.23. The topological polar surface area (TPSA) is 114 Å². The molecule has 4 N–H and O–H groups in total. The molecule has 0 radical (unpaired) electrons. The van der Waals surface area contributed by atoms with Crippen molar-refractivity contribution in [1.29, 1.82) is 0 Å². The fourth-order valence-corrected chi connectivity index (χ4v) is 4.42. The highest BCUT2D eigenvalue weighted by Crippen LogP contribution is 2.38. The van der Waals surface area contributed by atoms with Crippen LogP contribution in [0.5, 0.6) is 0 Å². The molecule has 7 nitrogen and oxygen atoms in total. The number of rotatable bonds is 9. The molecule has 1 aliphatic rings. The molecule has 39 heavy (non-hydrogen) atoms. The van der Waals surface area contributed by atoms with Gasteiger partial charge in [-0.25, -0.2) is 4.99 Å². The molecule has 2 aromatic rings. The monoisotopic (exact) mass is 556 g/mol. The molecule has 3 unspecified atom stereocenters. The van der Waals surface area contributed by atoms with E-state index in [9.17, 15) is 40.7 Å². The zero-order valence-corrected chi connectivity index (χ0v) is 20.7. The molecule has 2 aromatic carbocycles. The van der Waals surface area contributed by atoms with Gasteiger partial charge in [0, 0.05) is 29.4 Å². The molecule has 3 atom stereocenters. The van der Waals surface area contributed by atoms with Crippen LogP contribution in [0.25, 0.3) is 0 Å². The normalized spacial score (nSPS) is 17.3. The molecular formula is C26H26F6N4O3. The van der Waals surface area contributed by atoms with Crippen molar-refractivity contribution in [3.63, 3.8) is 0 Å². The molecule has 0 saturated carbocycles. The predicted molar refractivity (Wildman–Crippen MR) is 130 cm³/mol. The van der Waals surface area contributed by atoms with Crippen LogP contribution in [0.4, 0.5) is 32.0 Å². The molecule has 0 bridgehead atoms. The van der Waals surface area contributed by atoms with Gasteiger partial charge < -0.3 is 16.4 Å². The standard InChI is InChI=1S/C26H26F6N4O3/c1-2-7-15(21(33)37)16(12-13-25(27,28)29)23(38)36-22-24(39)35-20-17(10-6-11-18(20)26(30,31)32)19(34-22)14-8-4-3-5-9-14/h3-6,8-11,15-16,22H,2,7,12-13H2,1H3,(H2,33,37)(H,35,39)(H,36,38). The van der Waals surface area contributed by atoms with E-state index in [1.165, 1.54) is 18.2 Å². The van der Waals surface area contributed by atoms with Crippen LogP contribution in [0.2, 0.25) is 0 Å². The lowest BCUT2D eigenvalue weighted by molar-refractivity contribution is -0.146. The first-order valence-corrected chi connectivity index (χ1v) is 12.0. The second-order valence-corrected chi connectivity index (χ2v) is 9.03. The van der Waals surface area contributed by atoms with Crippen molar-refractivity contribution in [2.45, 2.75) is 51.1 Å². The zero-order valence-electron chi connectivity index (χ0n) is 20.7. The Morgan fingerprint density at radius 2 is 1.67 bits per heavy atom. The maximum Gasteiger partial charge on any atom is 0.418 e. The number of para-hydroxylation sites is 1. The smallest absolute Gasteiger partial charge is 0.369 e. The SMILES string of the molecule is CCCC(C(N)=O)C(CCC(F)(F)F)C(=O)NC1N=C(c2ccccc2)c2cccc(C(F)(F)F)c2NC1=O. The summed E-state index contributed by atoms with van der Waals surface area (Å²) >= 11 is 0. The van der Waals surface area contributed by atoms with Crippen LogP contribution < -0.4 is 16.4 Å². The number of nitrogens with zero attached hydrogens (tertiary/aromatic N) is 1. The maximum atomic E-state index is 13.8. The number of hydrogen-bond acceptors (Lipinski definition) is 4. The number of halogens is 6. The number of benzodiazepines with no additional fused rings is 1. The summed E-state index contributed by atoms with van der Waals surface area (Å²) in [5.41, 5.74) is 3.84. The summed E-state index contributed by atoms with van der Waals surface area (Å²) in [5, 5.41) is 4.40. The third-order valence-corrected chi connectivity index (χ3v) is 6.23. The number of amides is 3. The minimum absolute atomic E-state index is 0.0149. The van der Waals surface area contributed by atoms with Gasteiger partial charge in [-0.05, 0) is 18.9 Å². The number of alkyl halides is 6. The Kier molecular flexibility index (Phi) is 9.03. The van der Waals surface area contributed by atoms with Crippen LogP contribution in [-0.4, -0.2) is 35.8 Å². The van der Waals surface area contributed by atoms with Crippen molar-refractivity contribution in [3.8, 4) is 0 Å². The number of hydrogen-bond donors (Lipinski definition) is 3. The Labute approximate surface area is 219 Å². The van der Waals surface area contributed by atoms with E-state index in [1.54, 1.807) is 25.1 Å². The first kappa shape index (κ1) is 29.7. The van der Waals surface area contributed by atoms with E-state index in [-0.39, 0.29) is 17.7 Å². The summed E-state index contributed by atoms with van der Waals surface area (Å²) < 4.78 is 80.4. The van der Waals surface area contributed by atoms with Crippen molar-refractivity contribution in [1.82, 2.24) is 5.32 Å². The van der Waals surface area contributed by atoms with Crippen LogP contribution in [0.3, 0.4) is 0 Å². The second kappa shape index (κ2) is 11.9. The molecule has 3 rings (SSSR count).